The van der Waals surface area contributed by atoms with Crippen molar-refractivity contribution in [1.29, 1.82) is 0 Å². The largest absolute Gasteiger partial charge is 0.508 e. The summed E-state index contributed by atoms with van der Waals surface area (Å²) < 4.78 is 59.2. The summed E-state index contributed by atoms with van der Waals surface area (Å²) in [6.07, 6.45) is 27.6. The molecule has 808 valence electrons. The quantitative estimate of drug-likeness (QED) is 0.0266. The molecule has 0 aliphatic heterocycles. The average Bonchev–Trinajstić information content (AvgIpc) is 0.819. The van der Waals surface area contributed by atoms with Crippen molar-refractivity contribution in [3.05, 3.63) is 268 Å². The molecular formula is C131H200O14. The lowest BCUT2D eigenvalue weighted by molar-refractivity contribution is -0.132. The Morgan fingerprint density at radius 2 is 0.421 bits per heavy atom. The Morgan fingerprint density at radius 3 is 0.614 bits per heavy atom. The van der Waals surface area contributed by atoms with Gasteiger partial charge in [0.15, 0.2) is 31.5 Å². The van der Waals surface area contributed by atoms with E-state index < -0.39 is 0 Å². The van der Waals surface area contributed by atoms with Crippen LogP contribution in [0.25, 0.3) is 0 Å². The smallest absolute Gasteiger partial charge is 0.197 e. The molecule has 12 rings (SSSR count). The molecule has 3 saturated carbocycles. The van der Waals surface area contributed by atoms with E-state index in [1.54, 1.807) is 48.5 Å². The van der Waals surface area contributed by atoms with E-state index in [2.05, 4.69) is 263 Å². The first-order valence-electron chi connectivity index (χ1n) is 56.4. The topological polar surface area (TPSA) is 173 Å². The average molecular weight is 2000 g/mol. The summed E-state index contributed by atoms with van der Waals surface area (Å²) in [6, 6.07) is 71.9. The van der Waals surface area contributed by atoms with Crippen LogP contribution in [-0.2, 0) is 23.7 Å². The van der Waals surface area contributed by atoms with Gasteiger partial charge in [-0.3, -0.25) is 0 Å². The molecule has 3 fully saturated rings. The molecule has 4 N–H and O–H groups in total. The SMILES string of the molecule is CCC(C)c1ccc(O)cc1.CCC(C)c1ccc(O)cc1.CCC(C)c1ccc(O)cc1.CCC(C)c1ccc(O)cc1.CCC(C)c1ccc(OC(C)OC2CCC(C(C)(C)C3CCC(OC(C)Oc4ccc(C(C)CC)cc4)CC3)CC2)cc1.CCC(C)c1ccc(OC(C)OCC(C)C)cc1.CCC(C)c1ccc(OC(C)OCC(C)C)cc1.CCC(C)c1ccc(OC(C)OCCC2CCCCC2)cc1. The van der Waals surface area contributed by atoms with Gasteiger partial charge in [0.1, 0.15) is 51.7 Å². The van der Waals surface area contributed by atoms with Crippen LogP contribution >= 0.6 is 0 Å². The molecule has 145 heavy (non-hydrogen) atoms. The van der Waals surface area contributed by atoms with Crippen LogP contribution in [0.1, 0.15) is 452 Å². The Hall–Kier alpha value is -9.02. The van der Waals surface area contributed by atoms with E-state index in [1.807, 2.05) is 107 Å². The molecule has 0 amide bonds. The molecule has 0 aromatic heterocycles. The molecule has 0 heterocycles. The summed E-state index contributed by atoms with van der Waals surface area (Å²) in [5, 5.41) is 36.0. The molecule has 0 radical (unpaired) electrons. The summed E-state index contributed by atoms with van der Waals surface area (Å²) >= 11 is 0. The highest BCUT2D eigenvalue weighted by Crippen LogP contribution is 2.50. The fraction of sp³-hybridized carbons (Fsp3) is 0.588. The number of phenolic OH excluding ortho intramolecular Hbond substituents is 4. The Kier molecular flexibility index (Phi) is 61.1. The second-order valence-electron chi connectivity index (χ2n) is 43.1. The van der Waals surface area contributed by atoms with E-state index in [9.17, 15) is 0 Å². The standard InChI is InChI=1S/C39H60O4.C20H32O2.2C16H26O2.4C10H14O/c1-9-27(3)31-11-19-35(20-12-31)40-29(5)42-37-23-15-33(16-24-37)39(7,8)34-17-25-38(26-18-34)43-30(6)41-36-21-13-32(14-22-36)28(4)10-2;1-4-16(2)19-10-12-20(13-11-19)22-17(3)21-15-14-18-8-6-5-7-9-18;2*1-6-13(4)15-7-9-16(10-8-15)18-14(5)17-11-12(2)3;4*1-3-8(2)9-4-6-10(11)7-5-9/h11-14,19-22,27-30,33-34,37-38H,9-10,15-18,23-26H2,1-8H3;10-13,16-18H,4-9,14-15H2,1-3H3;2*7-10,12-14H,6,11H2,1-5H3;4*4-8,11H,3H2,1-2H3. The van der Waals surface area contributed by atoms with Gasteiger partial charge in [-0.2, -0.15) is 0 Å². The highest BCUT2D eigenvalue weighted by Gasteiger charge is 2.41. The van der Waals surface area contributed by atoms with Gasteiger partial charge in [0.05, 0.1) is 32.0 Å². The van der Waals surface area contributed by atoms with E-state index in [-0.39, 0.29) is 31.5 Å². The first-order chi connectivity index (χ1) is 69.3. The van der Waals surface area contributed by atoms with Crippen LogP contribution in [0, 0.1) is 35.0 Å². The van der Waals surface area contributed by atoms with Crippen LogP contribution in [0.15, 0.2) is 218 Å². The highest BCUT2D eigenvalue weighted by atomic mass is 16.7. The van der Waals surface area contributed by atoms with E-state index in [0.29, 0.717) is 106 Å². The first-order valence-corrected chi connectivity index (χ1v) is 56.4. The Balaban J connectivity index is 0.000000310. The third kappa shape index (κ3) is 49.8. The second-order valence-corrected chi connectivity index (χ2v) is 43.1. The molecule has 0 saturated heterocycles. The van der Waals surface area contributed by atoms with Gasteiger partial charge in [-0.15, -0.1) is 0 Å². The van der Waals surface area contributed by atoms with Crippen LogP contribution in [-0.4, -0.2) is 83.9 Å². The van der Waals surface area contributed by atoms with Crippen LogP contribution in [0.4, 0.5) is 0 Å². The Labute approximate surface area is 882 Å². The van der Waals surface area contributed by atoms with Gasteiger partial charge in [0.25, 0.3) is 0 Å². The number of rotatable bonds is 44. The van der Waals surface area contributed by atoms with Crippen molar-refractivity contribution in [2.45, 2.75) is 445 Å². The van der Waals surface area contributed by atoms with Crippen LogP contribution in [0.5, 0.6) is 51.7 Å². The predicted molar refractivity (Wildman–Crippen MR) is 610 cm³/mol. The van der Waals surface area contributed by atoms with Crippen molar-refractivity contribution in [1.82, 2.24) is 0 Å². The molecule has 9 aromatic carbocycles. The maximum atomic E-state index is 9.01. The summed E-state index contributed by atoms with van der Waals surface area (Å²) in [5.74, 6) is 14.6. The van der Waals surface area contributed by atoms with E-state index in [1.165, 1.54) is 121 Å². The van der Waals surface area contributed by atoms with Gasteiger partial charge in [-0.05, 0) is 398 Å². The molecule has 3 aliphatic carbocycles. The van der Waals surface area contributed by atoms with Gasteiger partial charge in [0, 0.05) is 0 Å². The van der Waals surface area contributed by atoms with E-state index in [0.717, 1.165) is 143 Å². The third-order valence-electron chi connectivity index (χ3n) is 30.3. The molecule has 14 atom stereocenters. The normalized spacial score (nSPS) is 18.1. The minimum Gasteiger partial charge on any atom is -0.508 e. The van der Waals surface area contributed by atoms with Crippen molar-refractivity contribution in [3.63, 3.8) is 0 Å². The summed E-state index contributed by atoms with van der Waals surface area (Å²) in [4.78, 5) is 0. The van der Waals surface area contributed by atoms with E-state index >= 15 is 0 Å². The number of benzene rings is 9. The summed E-state index contributed by atoms with van der Waals surface area (Å²) in [6.45, 7) is 65.6. The highest BCUT2D eigenvalue weighted by molar-refractivity contribution is 5.36. The lowest BCUT2D eigenvalue weighted by Crippen LogP contribution is -2.40. The third-order valence-corrected chi connectivity index (χ3v) is 30.3. The van der Waals surface area contributed by atoms with Crippen LogP contribution in [0.2, 0.25) is 0 Å². The zero-order valence-corrected chi connectivity index (χ0v) is 95.7. The summed E-state index contributed by atoms with van der Waals surface area (Å²) in [7, 11) is 0. The predicted octanol–water partition coefficient (Wildman–Crippen LogP) is 37.8. The minimum atomic E-state index is -0.227. The zero-order chi connectivity index (χ0) is 107. The number of ether oxygens (including phenoxy) is 10. The zero-order valence-electron chi connectivity index (χ0n) is 95.7. The fourth-order valence-corrected chi connectivity index (χ4v) is 18.1. The van der Waals surface area contributed by atoms with Gasteiger partial charge in [0.2, 0.25) is 0 Å². The fourth-order valence-electron chi connectivity index (χ4n) is 18.1. The molecular weight excluding hydrogens is 1800 g/mol. The van der Waals surface area contributed by atoms with Crippen molar-refractivity contribution in [2.75, 3.05) is 19.8 Å². The molecule has 14 heteroatoms. The number of hydrogen-bond acceptors (Lipinski definition) is 14. The van der Waals surface area contributed by atoms with Gasteiger partial charge in [-0.25, -0.2) is 0 Å². The van der Waals surface area contributed by atoms with Crippen molar-refractivity contribution >= 4 is 0 Å². The van der Waals surface area contributed by atoms with Gasteiger partial charge in [-0.1, -0.05) is 307 Å². The Bertz CT molecular complexity index is 4330. The van der Waals surface area contributed by atoms with Crippen molar-refractivity contribution in [2.24, 2.45) is 35.0 Å². The van der Waals surface area contributed by atoms with Crippen LogP contribution < -0.4 is 23.7 Å². The molecule has 14 nitrogen and oxygen atoms in total. The summed E-state index contributed by atoms with van der Waals surface area (Å²) in [5.41, 5.74) is 12.4. The monoisotopic (exact) mass is 2000 g/mol. The lowest BCUT2D eigenvalue weighted by atomic mass is 9.60. The van der Waals surface area contributed by atoms with Gasteiger partial charge >= 0.3 is 0 Å². The molecule has 0 bridgehead atoms. The number of hydrogen-bond donors (Lipinski definition) is 4. The molecule has 9 aromatic rings. The lowest BCUT2D eigenvalue weighted by Gasteiger charge is -2.47. The number of aromatic hydroxyl groups is 4. The molecule has 14 unspecified atom stereocenters. The Morgan fingerprint density at radius 1 is 0.234 bits per heavy atom. The van der Waals surface area contributed by atoms with Crippen molar-refractivity contribution in [3.8, 4) is 51.7 Å². The minimum absolute atomic E-state index is 0.168. The second kappa shape index (κ2) is 70.1. The molecule has 3 aliphatic rings. The maximum absolute atomic E-state index is 9.01. The van der Waals surface area contributed by atoms with Gasteiger partial charge < -0.3 is 67.8 Å². The molecule has 0 spiro atoms. The van der Waals surface area contributed by atoms with E-state index in [4.69, 9.17) is 67.8 Å². The number of phenols is 4. The maximum Gasteiger partial charge on any atom is 0.197 e. The first kappa shape index (κ1) is 126. The van der Waals surface area contributed by atoms with Crippen molar-refractivity contribution < 1.29 is 67.8 Å². The van der Waals surface area contributed by atoms with Crippen LogP contribution in [0.3, 0.4) is 0 Å².